The third-order valence-electron chi connectivity index (χ3n) is 3.91. The van der Waals surface area contributed by atoms with Crippen LogP contribution in [0.2, 0.25) is 0 Å². The van der Waals surface area contributed by atoms with E-state index >= 15 is 0 Å². The molecule has 2 fully saturated rings. The third-order valence-corrected chi connectivity index (χ3v) is 3.91. The van der Waals surface area contributed by atoms with Crippen LogP contribution in [0, 0.1) is 0 Å². The van der Waals surface area contributed by atoms with Gasteiger partial charge >= 0.3 is 0 Å². The van der Waals surface area contributed by atoms with Crippen molar-refractivity contribution >= 4 is 11.6 Å². The number of likely N-dealkylation sites (N-methyl/N-ethyl adjacent to an activating group) is 1. The Morgan fingerprint density at radius 3 is 2.67 bits per heavy atom. The number of nitrogens with two attached hydrogens (primary N) is 1. The van der Waals surface area contributed by atoms with Gasteiger partial charge in [0.15, 0.2) is 0 Å². The van der Waals surface area contributed by atoms with Gasteiger partial charge in [-0.2, -0.15) is 0 Å². The zero-order valence-electron chi connectivity index (χ0n) is 11.1. The Labute approximate surface area is 108 Å². The second kappa shape index (κ2) is 4.39. The first-order chi connectivity index (χ1) is 8.63. The minimum atomic E-state index is 0.555. The molecule has 3 rings (SSSR count). The van der Waals surface area contributed by atoms with E-state index in [1.54, 1.807) is 0 Å². The first-order valence-corrected chi connectivity index (χ1v) is 6.69. The van der Waals surface area contributed by atoms with Crippen molar-refractivity contribution in [2.45, 2.75) is 31.2 Å². The Morgan fingerprint density at radius 2 is 2.06 bits per heavy atom. The first kappa shape index (κ1) is 11.7. The molecule has 1 atom stereocenters. The summed E-state index contributed by atoms with van der Waals surface area (Å²) in [5, 5.41) is 0. The fourth-order valence-electron chi connectivity index (χ4n) is 2.53. The first-order valence-electron chi connectivity index (χ1n) is 6.69. The highest BCUT2D eigenvalue weighted by Crippen LogP contribution is 2.39. The van der Waals surface area contributed by atoms with Gasteiger partial charge in [-0.05, 0) is 33.4 Å². The Kier molecular flexibility index (Phi) is 2.86. The Bertz CT molecular complexity index is 441. The molecule has 1 unspecified atom stereocenters. The number of aromatic nitrogens is 2. The minimum absolute atomic E-state index is 0.555. The second-order valence-corrected chi connectivity index (χ2v) is 5.64. The standard InChI is InChI=1S/C13H21N5/c1-17(2)10-5-6-18(8-10)12-7-11(14)15-13(16-12)9-3-4-9/h7,9-10H,3-6,8H2,1-2H3,(H2,14,15,16). The van der Waals surface area contributed by atoms with E-state index in [2.05, 4.69) is 33.9 Å². The highest BCUT2D eigenvalue weighted by molar-refractivity contribution is 5.48. The number of nitrogen functional groups attached to an aromatic ring is 1. The smallest absolute Gasteiger partial charge is 0.136 e. The van der Waals surface area contributed by atoms with Crippen molar-refractivity contribution in [3.05, 3.63) is 11.9 Å². The molecule has 1 aliphatic heterocycles. The van der Waals surface area contributed by atoms with Crippen LogP contribution in [0.3, 0.4) is 0 Å². The highest BCUT2D eigenvalue weighted by Gasteiger charge is 2.29. The van der Waals surface area contributed by atoms with Crippen molar-refractivity contribution in [3.63, 3.8) is 0 Å². The number of hydrogen-bond donors (Lipinski definition) is 1. The number of rotatable bonds is 3. The lowest BCUT2D eigenvalue weighted by Gasteiger charge is -2.21. The predicted octanol–water partition coefficient (Wildman–Crippen LogP) is 1.08. The summed E-state index contributed by atoms with van der Waals surface area (Å²) in [4.78, 5) is 13.7. The summed E-state index contributed by atoms with van der Waals surface area (Å²) < 4.78 is 0. The van der Waals surface area contributed by atoms with Crippen molar-refractivity contribution in [1.29, 1.82) is 0 Å². The van der Waals surface area contributed by atoms with E-state index in [1.165, 1.54) is 19.3 Å². The predicted molar refractivity (Wildman–Crippen MR) is 72.7 cm³/mol. The fourth-order valence-corrected chi connectivity index (χ4v) is 2.53. The van der Waals surface area contributed by atoms with Crippen molar-refractivity contribution in [2.75, 3.05) is 37.8 Å². The second-order valence-electron chi connectivity index (χ2n) is 5.64. The van der Waals surface area contributed by atoms with Gasteiger partial charge in [-0.15, -0.1) is 0 Å². The molecule has 5 heteroatoms. The molecule has 0 aromatic carbocycles. The topological polar surface area (TPSA) is 58.3 Å². The molecule has 0 spiro atoms. The number of hydrogen-bond acceptors (Lipinski definition) is 5. The molecule has 98 valence electrons. The zero-order valence-corrected chi connectivity index (χ0v) is 11.1. The van der Waals surface area contributed by atoms with Gasteiger partial charge < -0.3 is 15.5 Å². The molecule has 2 aliphatic rings. The van der Waals surface area contributed by atoms with Crippen LogP contribution >= 0.6 is 0 Å². The number of anilines is 2. The van der Waals surface area contributed by atoms with E-state index in [1.807, 2.05) is 6.07 Å². The van der Waals surface area contributed by atoms with Crippen LogP contribution < -0.4 is 10.6 Å². The van der Waals surface area contributed by atoms with Crippen LogP contribution in [0.1, 0.15) is 31.0 Å². The summed E-state index contributed by atoms with van der Waals surface area (Å²) in [6, 6.07) is 2.52. The van der Waals surface area contributed by atoms with E-state index in [4.69, 9.17) is 5.73 Å². The molecule has 1 aromatic rings. The molecule has 1 aliphatic carbocycles. The molecule has 0 amide bonds. The van der Waals surface area contributed by atoms with Gasteiger partial charge in [-0.25, -0.2) is 9.97 Å². The van der Waals surface area contributed by atoms with Crippen LogP contribution in [0.25, 0.3) is 0 Å². The van der Waals surface area contributed by atoms with Gasteiger partial charge in [0.05, 0.1) is 0 Å². The minimum Gasteiger partial charge on any atom is -0.384 e. The SMILES string of the molecule is CN(C)C1CCN(c2cc(N)nc(C3CC3)n2)C1. The summed E-state index contributed by atoms with van der Waals surface area (Å²) in [7, 11) is 4.27. The molecule has 2 N–H and O–H groups in total. The maximum atomic E-state index is 5.90. The molecule has 1 saturated carbocycles. The van der Waals surface area contributed by atoms with Crippen LogP contribution in [-0.2, 0) is 0 Å². The molecule has 18 heavy (non-hydrogen) atoms. The molecule has 1 aromatic heterocycles. The summed E-state index contributed by atoms with van der Waals surface area (Å²) >= 11 is 0. The summed E-state index contributed by atoms with van der Waals surface area (Å²) in [6.45, 7) is 2.09. The average molecular weight is 247 g/mol. The summed E-state index contributed by atoms with van der Waals surface area (Å²) in [6.07, 6.45) is 3.61. The molecule has 1 saturated heterocycles. The van der Waals surface area contributed by atoms with Gasteiger partial charge in [0, 0.05) is 31.1 Å². The largest absolute Gasteiger partial charge is 0.384 e. The van der Waals surface area contributed by atoms with Crippen molar-refractivity contribution in [1.82, 2.24) is 14.9 Å². The molecule has 2 heterocycles. The van der Waals surface area contributed by atoms with Crippen LogP contribution in [0.4, 0.5) is 11.6 Å². The quantitative estimate of drug-likeness (QED) is 0.866. The normalized spacial score (nSPS) is 23.9. The Morgan fingerprint density at radius 1 is 1.28 bits per heavy atom. The maximum Gasteiger partial charge on any atom is 0.136 e. The molecule has 0 radical (unpaired) electrons. The lowest BCUT2D eigenvalue weighted by Crippen LogP contribution is -2.31. The van der Waals surface area contributed by atoms with E-state index in [-0.39, 0.29) is 0 Å². The monoisotopic (exact) mass is 247 g/mol. The zero-order chi connectivity index (χ0) is 12.7. The van der Waals surface area contributed by atoms with E-state index in [0.717, 1.165) is 24.7 Å². The summed E-state index contributed by atoms with van der Waals surface area (Å²) in [5.41, 5.74) is 5.90. The van der Waals surface area contributed by atoms with Gasteiger partial charge in [0.25, 0.3) is 0 Å². The lowest BCUT2D eigenvalue weighted by atomic mass is 10.2. The van der Waals surface area contributed by atoms with Crippen LogP contribution in [0.5, 0.6) is 0 Å². The highest BCUT2D eigenvalue weighted by atomic mass is 15.3. The van der Waals surface area contributed by atoms with Gasteiger partial charge in [0.1, 0.15) is 17.5 Å². The number of nitrogens with zero attached hydrogens (tertiary/aromatic N) is 4. The fraction of sp³-hybridized carbons (Fsp3) is 0.692. The maximum absolute atomic E-state index is 5.90. The van der Waals surface area contributed by atoms with Crippen molar-refractivity contribution < 1.29 is 0 Å². The van der Waals surface area contributed by atoms with Crippen LogP contribution in [-0.4, -0.2) is 48.1 Å². The van der Waals surface area contributed by atoms with Crippen molar-refractivity contribution in [2.24, 2.45) is 0 Å². The third kappa shape index (κ3) is 2.27. The van der Waals surface area contributed by atoms with Gasteiger partial charge in [-0.1, -0.05) is 0 Å². The van der Waals surface area contributed by atoms with E-state index in [9.17, 15) is 0 Å². The Balaban J connectivity index is 1.79. The van der Waals surface area contributed by atoms with Gasteiger partial charge in [-0.3, -0.25) is 0 Å². The molecular formula is C13H21N5. The van der Waals surface area contributed by atoms with E-state index in [0.29, 0.717) is 17.8 Å². The molecule has 0 bridgehead atoms. The van der Waals surface area contributed by atoms with Crippen molar-refractivity contribution in [3.8, 4) is 0 Å². The summed E-state index contributed by atoms with van der Waals surface area (Å²) in [5.74, 6) is 3.11. The Hall–Kier alpha value is -1.36. The average Bonchev–Trinajstić information content (AvgIpc) is 3.05. The molecule has 5 nitrogen and oxygen atoms in total. The van der Waals surface area contributed by atoms with Gasteiger partial charge in [0.2, 0.25) is 0 Å². The van der Waals surface area contributed by atoms with Crippen LogP contribution in [0.15, 0.2) is 6.07 Å². The lowest BCUT2D eigenvalue weighted by molar-refractivity contribution is 0.315. The molecular weight excluding hydrogens is 226 g/mol. The van der Waals surface area contributed by atoms with E-state index < -0.39 is 0 Å².